The maximum absolute atomic E-state index is 12.1. The minimum atomic E-state index is -0.151. The molecule has 0 saturated heterocycles. The lowest BCUT2D eigenvalue weighted by Crippen LogP contribution is -2.30. The number of nitrogens with zero attached hydrogens (tertiary/aromatic N) is 1. The number of rotatable bonds is 5. The van der Waals surface area contributed by atoms with Gasteiger partial charge in [-0.2, -0.15) is 0 Å². The van der Waals surface area contributed by atoms with Gasteiger partial charge in [0.1, 0.15) is 0 Å². The fourth-order valence-electron chi connectivity index (χ4n) is 2.47. The van der Waals surface area contributed by atoms with Crippen LogP contribution >= 0.6 is 11.3 Å². The number of unbranched alkanes of at least 4 members (excludes halogenated alkanes) is 1. The van der Waals surface area contributed by atoms with Gasteiger partial charge in [0.2, 0.25) is 0 Å². The fraction of sp³-hybridized carbons (Fsp3) is 0.250. The van der Waals surface area contributed by atoms with Crippen LogP contribution in [0.2, 0.25) is 0 Å². The highest BCUT2D eigenvalue weighted by Gasteiger charge is 2.34. The van der Waals surface area contributed by atoms with Crippen molar-refractivity contribution in [3.8, 4) is 0 Å². The predicted octanol–water partition coefficient (Wildman–Crippen LogP) is 3.37. The van der Waals surface area contributed by atoms with E-state index in [9.17, 15) is 9.59 Å². The van der Waals surface area contributed by atoms with Crippen LogP contribution in [0.4, 0.5) is 0 Å². The van der Waals surface area contributed by atoms with Crippen LogP contribution in [0.5, 0.6) is 0 Å². The number of benzene rings is 1. The van der Waals surface area contributed by atoms with E-state index >= 15 is 0 Å². The Morgan fingerprint density at radius 1 is 0.900 bits per heavy atom. The zero-order valence-corrected chi connectivity index (χ0v) is 11.9. The van der Waals surface area contributed by atoms with Crippen LogP contribution in [-0.4, -0.2) is 23.3 Å². The molecule has 0 fully saturated rings. The summed E-state index contributed by atoms with van der Waals surface area (Å²) in [5.41, 5.74) is 1.08. The molecule has 2 aromatic rings. The van der Waals surface area contributed by atoms with Crippen molar-refractivity contribution in [3.05, 3.63) is 57.8 Å². The largest absolute Gasteiger partial charge is 0.274 e. The summed E-state index contributed by atoms with van der Waals surface area (Å²) < 4.78 is 0. The summed E-state index contributed by atoms with van der Waals surface area (Å²) in [6.45, 7) is 0.512. The van der Waals surface area contributed by atoms with Crippen molar-refractivity contribution in [1.29, 1.82) is 0 Å². The van der Waals surface area contributed by atoms with E-state index in [0.717, 1.165) is 19.3 Å². The molecular weight excluding hydrogens is 270 g/mol. The lowest BCUT2D eigenvalue weighted by molar-refractivity contribution is 0.0652. The predicted molar refractivity (Wildman–Crippen MR) is 79.1 cm³/mol. The maximum Gasteiger partial charge on any atom is 0.261 e. The Labute approximate surface area is 121 Å². The Bertz CT molecular complexity index is 599. The molecule has 0 saturated carbocycles. The van der Waals surface area contributed by atoms with Gasteiger partial charge in [-0.25, -0.2) is 0 Å². The van der Waals surface area contributed by atoms with E-state index in [2.05, 4.69) is 11.4 Å². The van der Waals surface area contributed by atoms with Crippen molar-refractivity contribution in [3.63, 3.8) is 0 Å². The molecule has 0 radical (unpaired) electrons. The average Bonchev–Trinajstić information content (AvgIpc) is 3.06. The van der Waals surface area contributed by atoms with Crippen molar-refractivity contribution < 1.29 is 9.59 Å². The third-order valence-corrected chi connectivity index (χ3v) is 4.45. The zero-order valence-electron chi connectivity index (χ0n) is 11.0. The Balaban J connectivity index is 1.57. The zero-order chi connectivity index (χ0) is 13.9. The first-order valence-corrected chi connectivity index (χ1v) is 7.63. The van der Waals surface area contributed by atoms with E-state index in [4.69, 9.17) is 0 Å². The van der Waals surface area contributed by atoms with Gasteiger partial charge < -0.3 is 0 Å². The summed E-state index contributed by atoms with van der Waals surface area (Å²) in [4.78, 5) is 27.0. The van der Waals surface area contributed by atoms with Crippen molar-refractivity contribution in [2.45, 2.75) is 19.3 Å². The quantitative estimate of drug-likeness (QED) is 0.624. The van der Waals surface area contributed by atoms with E-state index < -0.39 is 0 Å². The van der Waals surface area contributed by atoms with Gasteiger partial charge in [-0.05, 0) is 42.8 Å². The second kappa shape index (κ2) is 5.59. The summed E-state index contributed by atoms with van der Waals surface area (Å²) in [5.74, 6) is -0.302. The van der Waals surface area contributed by atoms with Gasteiger partial charge in [0.05, 0.1) is 11.1 Å². The summed E-state index contributed by atoms with van der Waals surface area (Å²) in [7, 11) is 0. The maximum atomic E-state index is 12.1. The smallest absolute Gasteiger partial charge is 0.261 e. The molecule has 1 aromatic heterocycles. The number of carbonyl (C=O) groups excluding carboxylic acids is 2. The number of hydrogen-bond donors (Lipinski definition) is 0. The number of amides is 2. The van der Waals surface area contributed by atoms with E-state index in [-0.39, 0.29) is 11.8 Å². The molecule has 0 aliphatic carbocycles. The van der Waals surface area contributed by atoms with Crippen LogP contribution < -0.4 is 0 Å². The average molecular weight is 285 g/mol. The first-order chi connectivity index (χ1) is 9.77. The van der Waals surface area contributed by atoms with Crippen LogP contribution in [0.25, 0.3) is 0 Å². The molecule has 20 heavy (non-hydrogen) atoms. The number of thiophene rings is 1. The Morgan fingerprint density at radius 3 is 2.20 bits per heavy atom. The molecule has 0 unspecified atom stereocenters. The van der Waals surface area contributed by atoms with Crippen molar-refractivity contribution in [2.75, 3.05) is 6.54 Å². The summed E-state index contributed by atoms with van der Waals surface area (Å²) >= 11 is 1.75. The molecule has 0 spiro atoms. The minimum absolute atomic E-state index is 0.151. The van der Waals surface area contributed by atoms with Crippen LogP contribution in [0, 0.1) is 0 Å². The third-order valence-electron chi connectivity index (χ3n) is 3.51. The molecule has 1 aliphatic rings. The topological polar surface area (TPSA) is 37.4 Å². The first-order valence-electron chi connectivity index (χ1n) is 6.75. The Morgan fingerprint density at radius 2 is 1.60 bits per heavy atom. The first kappa shape index (κ1) is 13.1. The monoisotopic (exact) mass is 285 g/mol. The normalized spacial score (nSPS) is 13.9. The van der Waals surface area contributed by atoms with Crippen molar-refractivity contribution in [1.82, 2.24) is 4.90 Å². The fourth-order valence-corrected chi connectivity index (χ4v) is 3.22. The molecule has 2 amide bonds. The standard InChI is InChI=1S/C16H15NO2S/c18-15-13-8-1-2-9-14(13)16(19)17(15)10-4-3-6-12-7-5-11-20-12/h1-2,5,7-9,11H,3-4,6,10H2. The molecule has 0 N–H and O–H groups in total. The molecule has 3 rings (SSSR count). The van der Waals surface area contributed by atoms with Crippen LogP contribution in [-0.2, 0) is 6.42 Å². The molecule has 0 atom stereocenters. The Kier molecular flexibility index (Phi) is 3.65. The van der Waals surface area contributed by atoms with Crippen LogP contribution in [0.3, 0.4) is 0 Å². The van der Waals surface area contributed by atoms with Gasteiger partial charge >= 0.3 is 0 Å². The number of fused-ring (bicyclic) bond motifs is 1. The molecule has 3 nitrogen and oxygen atoms in total. The minimum Gasteiger partial charge on any atom is -0.274 e. The summed E-state index contributed by atoms with van der Waals surface area (Å²) in [6, 6.07) is 11.2. The Hall–Kier alpha value is -1.94. The lowest BCUT2D eigenvalue weighted by Gasteiger charge is -2.13. The highest BCUT2D eigenvalue weighted by Crippen LogP contribution is 2.23. The third kappa shape index (κ3) is 2.39. The van der Waals surface area contributed by atoms with Crippen molar-refractivity contribution >= 4 is 23.2 Å². The van der Waals surface area contributed by atoms with Gasteiger partial charge in [-0.1, -0.05) is 18.2 Å². The second-order valence-electron chi connectivity index (χ2n) is 4.84. The van der Waals surface area contributed by atoms with Gasteiger partial charge in [-0.3, -0.25) is 14.5 Å². The number of imide groups is 1. The van der Waals surface area contributed by atoms with Gasteiger partial charge in [0.25, 0.3) is 11.8 Å². The van der Waals surface area contributed by atoms with Gasteiger partial charge in [-0.15, -0.1) is 11.3 Å². The summed E-state index contributed by atoms with van der Waals surface area (Å²) in [6.07, 6.45) is 2.86. The van der Waals surface area contributed by atoms with E-state index in [0.29, 0.717) is 17.7 Å². The van der Waals surface area contributed by atoms with E-state index in [1.54, 1.807) is 35.6 Å². The second-order valence-corrected chi connectivity index (χ2v) is 5.88. The molecule has 0 bridgehead atoms. The molecule has 1 aliphatic heterocycles. The molecule has 2 heterocycles. The molecule has 4 heteroatoms. The number of hydrogen-bond acceptors (Lipinski definition) is 3. The van der Waals surface area contributed by atoms with Crippen molar-refractivity contribution in [2.24, 2.45) is 0 Å². The van der Waals surface area contributed by atoms with E-state index in [1.807, 2.05) is 6.07 Å². The van der Waals surface area contributed by atoms with Gasteiger partial charge in [0.15, 0.2) is 0 Å². The number of carbonyl (C=O) groups is 2. The van der Waals surface area contributed by atoms with E-state index in [1.165, 1.54) is 9.78 Å². The highest BCUT2D eigenvalue weighted by atomic mass is 32.1. The molecular formula is C16H15NO2S. The summed E-state index contributed by atoms with van der Waals surface area (Å²) in [5, 5.41) is 2.07. The highest BCUT2D eigenvalue weighted by molar-refractivity contribution is 7.09. The number of aryl methyl sites for hydroxylation is 1. The SMILES string of the molecule is O=C1c2ccccc2C(=O)N1CCCCc1cccs1. The lowest BCUT2D eigenvalue weighted by atomic mass is 10.1. The molecule has 102 valence electrons. The molecule has 1 aromatic carbocycles. The van der Waals surface area contributed by atoms with Gasteiger partial charge in [0, 0.05) is 11.4 Å². The van der Waals surface area contributed by atoms with Crippen LogP contribution in [0.1, 0.15) is 38.4 Å². The van der Waals surface area contributed by atoms with Crippen LogP contribution in [0.15, 0.2) is 41.8 Å².